The first-order chi connectivity index (χ1) is 13.4. The van der Waals surface area contributed by atoms with Crippen molar-refractivity contribution in [2.24, 2.45) is 0 Å². The summed E-state index contributed by atoms with van der Waals surface area (Å²) in [5.74, 6) is -0.690. The highest BCUT2D eigenvalue weighted by Gasteiger charge is 2.12. The zero-order valence-electron chi connectivity index (χ0n) is 16.4. The van der Waals surface area contributed by atoms with Crippen LogP contribution in [0.3, 0.4) is 0 Å². The Bertz CT molecular complexity index is 597. The van der Waals surface area contributed by atoms with Crippen LogP contribution in [0.15, 0.2) is 12.1 Å². The molecule has 7 heteroatoms. The van der Waals surface area contributed by atoms with Gasteiger partial charge in [0.1, 0.15) is 6.61 Å². The van der Waals surface area contributed by atoms with Crippen molar-refractivity contribution >= 4 is 46.7 Å². The third kappa shape index (κ3) is 11.1. The van der Waals surface area contributed by atoms with Gasteiger partial charge in [-0.2, -0.15) is 0 Å². The smallest absolute Gasteiger partial charge is 0.306 e. The lowest BCUT2D eigenvalue weighted by Crippen LogP contribution is -2.09. The predicted molar refractivity (Wildman–Crippen MR) is 114 cm³/mol. The second kappa shape index (κ2) is 14.9. The highest BCUT2D eigenvalue weighted by molar-refractivity contribution is 6.39. The maximum absolute atomic E-state index is 11.8. The molecule has 1 aromatic rings. The van der Waals surface area contributed by atoms with Gasteiger partial charge in [0.15, 0.2) is 0 Å². The molecule has 0 atom stereocenters. The monoisotopic (exact) mass is 450 g/mol. The average Bonchev–Trinajstić information content (AvgIpc) is 2.63. The number of benzene rings is 1. The zero-order chi connectivity index (χ0) is 20.8. The van der Waals surface area contributed by atoms with E-state index in [4.69, 9.17) is 44.3 Å². The van der Waals surface area contributed by atoms with E-state index in [0.29, 0.717) is 33.7 Å². The van der Waals surface area contributed by atoms with Gasteiger partial charge in [0.2, 0.25) is 0 Å². The van der Waals surface area contributed by atoms with Crippen LogP contribution in [0.2, 0.25) is 15.1 Å². The van der Waals surface area contributed by atoms with Crippen LogP contribution in [0.4, 0.5) is 0 Å². The molecule has 0 N–H and O–H groups in total. The molecule has 158 valence electrons. The predicted octanol–water partition coefficient (Wildman–Crippen LogP) is 7.15. The molecule has 0 amide bonds. The minimum Gasteiger partial charge on any atom is -0.466 e. The summed E-state index contributed by atoms with van der Waals surface area (Å²) in [5, 5.41) is 1.11. The van der Waals surface area contributed by atoms with Gasteiger partial charge in [0.25, 0.3) is 0 Å². The second-order valence-corrected chi connectivity index (χ2v) is 7.95. The average molecular weight is 452 g/mol. The van der Waals surface area contributed by atoms with Crippen LogP contribution in [0.1, 0.15) is 76.7 Å². The number of unbranched alkanes of at least 4 members (excludes halogenated alkanes) is 6. The van der Waals surface area contributed by atoms with Crippen molar-refractivity contribution in [1.29, 1.82) is 0 Å². The van der Waals surface area contributed by atoms with Gasteiger partial charge in [-0.3, -0.25) is 9.59 Å². The number of halogens is 3. The van der Waals surface area contributed by atoms with Crippen LogP contribution >= 0.6 is 34.8 Å². The van der Waals surface area contributed by atoms with Crippen molar-refractivity contribution < 1.29 is 19.1 Å². The topological polar surface area (TPSA) is 52.6 Å². The first-order valence-corrected chi connectivity index (χ1v) is 11.0. The lowest BCUT2D eigenvalue weighted by Gasteiger charge is -2.09. The molecule has 0 aromatic heterocycles. The Balaban J connectivity index is 2.09. The Morgan fingerprint density at radius 3 is 1.93 bits per heavy atom. The molecule has 0 aliphatic rings. The lowest BCUT2D eigenvalue weighted by molar-refractivity contribution is -0.146. The van der Waals surface area contributed by atoms with E-state index in [-0.39, 0.29) is 25.4 Å². The van der Waals surface area contributed by atoms with Gasteiger partial charge < -0.3 is 9.47 Å². The molecule has 0 spiro atoms. The highest BCUT2D eigenvalue weighted by atomic mass is 35.5. The summed E-state index contributed by atoms with van der Waals surface area (Å²) in [6, 6.07) is 3.08. The summed E-state index contributed by atoms with van der Waals surface area (Å²) in [5.41, 5.74) is 0.509. The number of esters is 2. The minimum absolute atomic E-state index is 0.0314. The highest BCUT2D eigenvalue weighted by Crippen LogP contribution is 2.29. The largest absolute Gasteiger partial charge is 0.466 e. The molecule has 4 nitrogen and oxygen atoms in total. The van der Waals surface area contributed by atoms with Gasteiger partial charge in [-0.1, -0.05) is 80.3 Å². The maximum Gasteiger partial charge on any atom is 0.306 e. The number of ether oxygens (including phenoxy) is 2. The Morgan fingerprint density at radius 1 is 0.786 bits per heavy atom. The second-order valence-electron chi connectivity index (χ2n) is 6.70. The van der Waals surface area contributed by atoms with E-state index in [1.165, 1.54) is 32.1 Å². The van der Waals surface area contributed by atoms with Crippen molar-refractivity contribution in [1.82, 2.24) is 0 Å². The summed E-state index contributed by atoms with van der Waals surface area (Å²) in [6.45, 7) is 2.62. The van der Waals surface area contributed by atoms with Crippen molar-refractivity contribution in [3.63, 3.8) is 0 Å². The molecule has 1 rings (SSSR count). The third-order valence-corrected chi connectivity index (χ3v) is 5.15. The SMILES string of the molecule is CCCCCCCCCOC(=O)CCCC(=O)OCc1c(Cl)cc(Cl)cc1Cl. The molecule has 0 heterocycles. The zero-order valence-corrected chi connectivity index (χ0v) is 18.7. The number of hydrogen-bond acceptors (Lipinski definition) is 4. The fraction of sp³-hybridized carbons (Fsp3) is 0.619. The Labute approximate surface area is 182 Å². The number of rotatable bonds is 14. The van der Waals surface area contributed by atoms with Gasteiger partial charge in [-0.15, -0.1) is 0 Å². The third-order valence-electron chi connectivity index (χ3n) is 4.26. The number of carbonyl (C=O) groups is 2. The van der Waals surface area contributed by atoms with Gasteiger partial charge in [-0.25, -0.2) is 0 Å². The maximum atomic E-state index is 11.8. The van der Waals surface area contributed by atoms with Crippen molar-refractivity contribution in [3.05, 3.63) is 32.8 Å². The molecule has 0 saturated heterocycles. The number of carbonyl (C=O) groups excluding carboxylic acids is 2. The van der Waals surface area contributed by atoms with Crippen LogP contribution in [-0.4, -0.2) is 18.5 Å². The molecule has 28 heavy (non-hydrogen) atoms. The Kier molecular flexibility index (Phi) is 13.4. The first-order valence-electron chi connectivity index (χ1n) is 9.88. The standard InChI is InChI=1S/C21H29Cl3O4/c1-2-3-4-5-6-7-8-12-27-20(25)10-9-11-21(26)28-15-17-18(23)13-16(22)14-19(17)24/h13-14H,2-12,15H2,1H3. The molecular formula is C21H29Cl3O4. The van der Waals surface area contributed by atoms with Crippen LogP contribution < -0.4 is 0 Å². The van der Waals surface area contributed by atoms with Crippen LogP contribution in [0.5, 0.6) is 0 Å². The summed E-state index contributed by atoms with van der Waals surface area (Å²) in [4.78, 5) is 23.5. The Hall–Kier alpha value is -0.970. The molecule has 0 aliphatic carbocycles. The fourth-order valence-corrected chi connectivity index (χ4v) is 3.56. The molecule has 0 aliphatic heterocycles. The lowest BCUT2D eigenvalue weighted by atomic mass is 10.1. The van der Waals surface area contributed by atoms with Crippen molar-refractivity contribution in [2.75, 3.05) is 6.61 Å². The van der Waals surface area contributed by atoms with Gasteiger partial charge >= 0.3 is 11.9 Å². The van der Waals surface area contributed by atoms with Crippen molar-refractivity contribution in [3.8, 4) is 0 Å². The first kappa shape index (κ1) is 25.1. The molecule has 0 fully saturated rings. The van der Waals surface area contributed by atoms with Crippen LogP contribution in [-0.2, 0) is 25.7 Å². The molecule has 1 aromatic carbocycles. The van der Waals surface area contributed by atoms with Gasteiger partial charge in [-0.05, 0) is 25.0 Å². The van der Waals surface area contributed by atoms with E-state index in [0.717, 1.165) is 12.8 Å². The van der Waals surface area contributed by atoms with Crippen LogP contribution in [0.25, 0.3) is 0 Å². The molecular weight excluding hydrogens is 423 g/mol. The van der Waals surface area contributed by atoms with Crippen LogP contribution in [0, 0.1) is 0 Å². The molecule has 0 bridgehead atoms. The van der Waals surface area contributed by atoms with Crippen molar-refractivity contribution in [2.45, 2.75) is 77.7 Å². The van der Waals surface area contributed by atoms with E-state index in [9.17, 15) is 9.59 Å². The fourth-order valence-electron chi connectivity index (χ4n) is 2.63. The van der Waals surface area contributed by atoms with E-state index in [1.807, 2.05) is 0 Å². The summed E-state index contributed by atoms with van der Waals surface area (Å²) in [6.07, 6.45) is 8.94. The van der Waals surface area contributed by atoms with Gasteiger partial charge in [0, 0.05) is 23.4 Å². The summed E-state index contributed by atoms with van der Waals surface area (Å²) in [7, 11) is 0. The van der Waals surface area contributed by atoms with E-state index in [2.05, 4.69) is 6.92 Å². The summed E-state index contributed by atoms with van der Waals surface area (Å²) < 4.78 is 10.3. The van der Waals surface area contributed by atoms with Gasteiger partial charge in [0.05, 0.1) is 16.7 Å². The van der Waals surface area contributed by atoms with E-state index >= 15 is 0 Å². The quantitative estimate of drug-likeness (QED) is 0.222. The molecule has 0 radical (unpaired) electrons. The normalized spacial score (nSPS) is 10.7. The van der Waals surface area contributed by atoms with E-state index in [1.54, 1.807) is 12.1 Å². The van der Waals surface area contributed by atoms with E-state index < -0.39 is 5.97 Å². The molecule has 0 unspecified atom stereocenters. The Morgan fingerprint density at radius 2 is 1.32 bits per heavy atom. The minimum atomic E-state index is -0.415. The number of hydrogen-bond donors (Lipinski definition) is 0. The summed E-state index contributed by atoms with van der Waals surface area (Å²) >= 11 is 17.9. The molecule has 0 saturated carbocycles.